The van der Waals surface area contributed by atoms with Gasteiger partial charge in [0.1, 0.15) is 5.82 Å². The average Bonchev–Trinajstić information content (AvgIpc) is 2.29. The number of rotatable bonds is 3. The van der Waals surface area contributed by atoms with Crippen molar-refractivity contribution in [2.45, 2.75) is 12.8 Å². The van der Waals surface area contributed by atoms with E-state index in [1.165, 1.54) is 19.4 Å². The topological polar surface area (TPSA) is 37.0 Å². The van der Waals surface area contributed by atoms with Crippen molar-refractivity contribution in [3.05, 3.63) is 24.4 Å². The van der Waals surface area contributed by atoms with Crippen LogP contribution in [0.15, 0.2) is 24.4 Å². The summed E-state index contributed by atoms with van der Waals surface area (Å²) < 4.78 is 0. The normalized spacial score (nSPS) is 21.9. The summed E-state index contributed by atoms with van der Waals surface area (Å²) in [5, 5.41) is 6.77. The molecule has 0 amide bonds. The fourth-order valence-electron chi connectivity index (χ4n) is 1.81. The molecule has 2 heterocycles. The summed E-state index contributed by atoms with van der Waals surface area (Å²) in [4.78, 5) is 4.23. The third-order valence-corrected chi connectivity index (χ3v) is 2.64. The van der Waals surface area contributed by atoms with Crippen LogP contribution in [0, 0.1) is 5.92 Å². The van der Waals surface area contributed by atoms with Crippen LogP contribution in [0.4, 0.5) is 5.82 Å². The summed E-state index contributed by atoms with van der Waals surface area (Å²) in [6.45, 7) is 3.35. The summed E-state index contributed by atoms with van der Waals surface area (Å²) in [7, 11) is 0. The molecule has 1 atom stereocenters. The molecule has 0 spiro atoms. The number of anilines is 1. The largest absolute Gasteiger partial charge is 0.370 e. The van der Waals surface area contributed by atoms with E-state index < -0.39 is 0 Å². The van der Waals surface area contributed by atoms with Crippen LogP contribution in [0.25, 0.3) is 0 Å². The van der Waals surface area contributed by atoms with Crippen LogP contribution in [0.5, 0.6) is 0 Å². The molecule has 2 N–H and O–H groups in total. The van der Waals surface area contributed by atoms with Gasteiger partial charge in [-0.15, -0.1) is 0 Å². The van der Waals surface area contributed by atoms with Gasteiger partial charge >= 0.3 is 0 Å². The van der Waals surface area contributed by atoms with Gasteiger partial charge in [-0.1, -0.05) is 6.07 Å². The van der Waals surface area contributed by atoms with Crippen molar-refractivity contribution in [1.82, 2.24) is 10.3 Å². The molecule has 1 aliphatic heterocycles. The molecule has 0 aromatic carbocycles. The lowest BCUT2D eigenvalue weighted by Gasteiger charge is -2.22. The predicted octanol–water partition coefficient (Wildman–Crippen LogP) is 1.49. The van der Waals surface area contributed by atoms with Gasteiger partial charge in [-0.25, -0.2) is 4.98 Å². The highest BCUT2D eigenvalue weighted by Crippen LogP contribution is 2.10. The number of nitrogens with one attached hydrogen (secondary N) is 2. The molecule has 0 aliphatic carbocycles. The van der Waals surface area contributed by atoms with Crippen LogP contribution in [-0.2, 0) is 0 Å². The lowest BCUT2D eigenvalue weighted by Crippen LogP contribution is -2.33. The van der Waals surface area contributed by atoms with Gasteiger partial charge in [0.25, 0.3) is 0 Å². The second-order valence-corrected chi connectivity index (χ2v) is 3.81. The SMILES string of the molecule is c1ccc(NCC2CCCNC2)nc1. The van der Waals surface area contributed by atoms with Gasteiger partial charge in [-0.2, -0.15) is 0 Å². The van der Waals surface area contributed by atoms with E-state index in [4.69, 9.17) is 0 Å². The molecule has 0 radical (unpaired) electrons. The molecule has 1 aromatic heterocycles. The van der Waals surface area contributed by atoms with E-state index >= 15 is 0 Å². The highest BCUT2D eigenvalue weighted by atomic mass is 15.0. The molecule has 2 rings (SSSR count). The molecule has 1 saturated heterocycles. The van der Waals surface area contributed by atoms with Crippen molar-refractivity contribution in [2.24, 2.45) is 5.92 Å². The Labute approximate surface area is 84.9 Å². The smallest absolute Gasteiger partial charge is 0.125 e. The van der Waals surface area contributed by atoms with Crippen LogP contribution in [0.2, 0.25) is 0 Å². The summed E-state index contributed by atoms with van der Waals surface area (Å²) in [5.41, 5.74) is 0. The quantitative estimate of drug-likeness (QED) is 0.760. The number of nitrogens with zero attached hydrogens (tertiary/aromatic N) is 1. The van der Waals surface area contributed by atoms with Gasteiger partial charge in [-0.05, 0) is 44.0 Å². The number of piperidine rings is 1. The van der Waals surface area contributed by atoms with Gasteiger partial charge in [0.05, 0.1) is 0 Å². The van der Waals surface area contributed by atoms with Crippen molar-refractivity contribution in [3.8, 4) is 0 Å². The second-order valence-electron chi connectivity index (χ2n) is 3.81. The molecule has 14 heavy (non-hydrogen) atoms. The second kappa shape index (κ2) is 4.96. The van der Waals surface area contributed by atoms with Gasteiger partial charge in [-0.3, -0.25) is 0 Å². The third kappa shape index (κ3) is 2.70. The number of hydrogen-bond acceptors (Lipinski definition) is 3. The third-order valence-electron chi connectivity index (χ3n) is 2.64. The number of hydrogen-bond donors (Lipinski definition) is 2. The summed E-state index contributed by atoms with van der Waals surface area (Å²) >= 11 is 0. The van der Waals surface area contributed by atoms with Crippen LogP contribution in [0.1, 0.15) is 12.8 Å². The Kier molecular flexibility index (Phi) is 3.35. The van der Waals surface area contributed by atoms with Crippen LogP contribution < -0.4 is 10.6 Å². The highest BCUT2D eigenvalue weighted by Gasteiger charge is 2.12. The zero-order valence-corrected chi connectivity index (χ0v) is 8.37. The van der Waals surface area contributed by atoms with Crippen LogP contribution in [0.3, 0.4) is 0 Å². The molecule has 0 bridgehead atoms. The Morgan fingerprint density at radius 1 is 1.50 bits per heavy atom. The van der Waals surface area contributed by atoms with Gasteiger partial charge in [0, 0.05) is 12.7 Å². The van der Waals surface area contributed by atoms with E-state index in [1.54, 1.807) is 0 Å². The summed E-state index contributed by atoms with van der Waals surface area (Å²) in [6, 6.07) is 5.96. The zero-order valence-electron chi connectivity index (χ0n) is 8.37. The summed E-state index contributed by atoms with van der Waals surface area (Å²) in [6.07, 6.45) is 4.45. The fourth-order valence-corrected chi connectivity index (χ4v) is 1.81. The summed E-state index contributed by atoms with van der Waals surface area (Å²) in [5.74, 6) is 1.74. The molecule has 1 aromatic rings. The first-order chi connectivity index (χ1) is 6.95. The van der Waals surface area contributed by atoms with Gasteiger partial charge in [0.2, 0.25) is 0 Å². The molecule has 76 valence electrons. The molecule has 3 heteroatoms. The van der Waals surface area contributed by atoms with E-state index in [-0.39, 0.29) is 0 Å². The minimum absolute atomic E-state index is 0.755. The van der Waals surface area contributed by atoms with Crippen molar-refractivity contribution in [3.63, 3.8) is 0 Å². The molecular formula is C11H17N3. The van der Waals surface area contributed by atoms with Gasteiger partial charge < -0.3 is 10.6 Å². The monoisotopic (exact) mass is 191 g/mol. The first-order valence-electron chi connectivity index (χ1n) is 5.31. The van der Waals surface area contributed by atoms with E-state index in [1.807, 2.05) is 24.4 Å². The van der Waals surface area contributed by atoms with Crippen LogP contribution in [-0.4, -0.2) is 24.6 Å². The predicted molar refractivity (Wildman–Crippen MR) is 58.3 cm³/mol. The number of pyridine rings is 1. The maximum atomic E-state index is 4.23. The lowest BCUT2D eigenvalue weighted by atomic mass is 10.00. The van der Waals surface area contributed by atoms with Crippen LogP contribution >= 0.6 is 0 Å². The lowest BCUT2D eigenvalue weighted by molar-refractivity contribution is 0.392. The standard InChI is InChI=1S/C11H17N3/c1-2-7-13-11(5-1)14-9-10-4-3-6-12-8-10/h1-2,5,7,10,12H,3-4,6,8-9H2,(H,13,14). The van der Waals surface area contributed by atoms with E-state index in [2.05, 4.69) is 15.6 Å². The Morgan fingerprint density at radius 3 is 3.21 bits per heavy atom. The Balaban J connectivity index is 1.76. The Morgan fingerprint density at radius 2 is 2.50 bits per heavy atom. The molecule has 0 saturated carbocycles. The average molecular weight is 191 g/mol. The van der Waals surface area contributed by atoms with Gasteiger partial charge in [0.15, 0.2) is 0 Å². The van der Waals surface area contributed by atoms with E-state index in [0.29, 0.717) is 0 Å². The van der Waals surface area contributed by atoms with E-state index in [9.17, 15) is 0 Å². The Hall–Kier alpha value is -1.09. The van der Waals surface area contributed by atoms with Crippen molar-refractivity contribution in [2.75, 3.05) is 25.0 Å². The molecule has 1 fully saturated rings. The minimum atomic E-state index is 0.755. The Bertz CT molecular complexity index is 254. The minimum Gasteiger partial charge on any atom is -0.370 e. The molecule has 3 nitrogen and oxygen atoms in total. The zero-order chi connectivity index (χ0) is 9.64. The number of aromatic nitrogens is 1. The van der Waals surface area contributed by atoms with E-state index in [0.717, 1.165) is 24.8 Å². The fraction of sp³-hybridized carbons (Fsp3) is 0.545. The van der Waals surface area contributed by atoms with Crippen molar-refractivity contribution >= 4 is 5.82 Å². The molecule has 1 aliphatic rings. The molecular weight excluding hydrogens is 174 g/mol. The van der Waals surface area contributed by atoms with Crippen molar-refractivity contribution in [1.29, 1.82) is 0 Å². The maximum absolute atomic E-state index is 4.23. The first-order valence-corrected chi connectivity index (χ1v) is 5.31. The van der Waals surface area contributed by atoms with Crippen molar-refractivity contribution < 1.29 is 0 Å². The highest BCUT2D eigenvalue weighted by molar-refractivity contribution is 5.32. The maximum Gasteiger partial charge on any atom is 0.125 e. The molecule has 1 unspecified atom stereocenters. The first kappa shape index (κ1) is 9.46.